The fourth-order valence-electron chi connectivity index (χ4n) is 2.69. The van der Waals surface area contributed by atoms with E-state index in [1.54, 1.807) is 4.57 Å². The summed E-state index contributed by atoms with van der Waals surface area (Å²) in [6.07, 6.45) is 0.223. The molecule has 0 saturated heterocycles. The fourth-order valence-corrected chi connectivity index (χ4v) is 4.35. The second-order valence-electron chi connectivity index (χ2n) is 5.69. The minimum absolute atomic E-state index is 0.0420. The third kappa shape index (κ3) is 3.44. The van der Waals surface area contributed by atoms with Crippen LogP contribution in [0.2, 0.25) is 0 Å². The zero-order chi connectivity index (χ0) is 17.9. The molecule has 0 aliphatic rings. The molecule has 0 spiro atoms. The maximum atomic E-state index is 12.2. The lowest BCUT2D eigenvalue weighted by Gasteiger charge is -2.04. The molecule has 2 heterocycles. The highest BCUT2D eigenvalue weighted by molar-refractivity contribution is 7.16. The van der Waals surface area contributed by atoms with Gasteiger partial charge in [0.25, 0.3) is 0 Å². The number of aromatic nitrogens is 2. The van der Waals surface area contributed by atoms with Crippen molar-refractivity contribution in [3.63, 3.8) is 0 Å². The molecule has 0 aliphatic heterocycles. The number of rotatable bonds is 5. The molecule has 4 rings (SSSR count). The van der Waals surface area contributed by atoms with Gasteiger partial charge in [0, 0.05) is 23.9 Å². The van der Waals surface area contributed by atoms with Crippen molar-refractivity contribution in [2.75, 3.05) is 5.32 Å². The van der Waals surface area contributed by atoms with Crippen molar-refractivity contribution in [2.24, 2.45) is 0 Å². The van der Waals surface area contributed by atoms with Crippen molar-refractivity contribution in [1.29, 1.82) is 0 Å². The Morgan fingerprint density at radius 1 is 1.08 bits per heavy atom. The first-order chi connectivity index (χ1) is 12.7. The molecule has 26 heavy (non-hydrogen) atoms. The number of fused-ring (bicyclic) bond motifs is 1. The topological polar surface area (TPSA) is 64.0 Å². The number of anilines is 1. The minimum atomic E-state index is -0.152. The number of para-hydroxylation sites is 1. The monoisotopic (exact) mass is 381 g/mol. The van der Waals surface area contributed by atoms with Gasteiger partial charge >= 0.3 is 4.87 Å². The molecule has 0 fully saturated rings. The van der Waals surface area contributed by atoms with E-state index in [0.29, 0.717) is 11.7 Å². The summed E-state index contributed by atoms with van der Waals surface area (Å²) >= 11 is 2.59. The van der Waals surface area contributed by atoms with Crippen LogP contribution in [-0.4, -0.2) is 15.5 Å². The predicted octanol–water partition coefficient (Wildman–Crippen LogP) is 4.22. The highest BCUT2D eigenvalue weighted by Crippen LogP contribution is 2.24. The number of benzene rings is 2. The first kappa shape index (κ1) is 16.7. The average molecular weight is 381 g/mol. The minimum Gasteiger partial charge on any atom is -0.302 e. The Morgan fingerprint density at radius 2 is 1.85 bits per heavy atom. The lowest BCUT2D eigenvalue weighted by Crippen LogP contribution is -2.19. The Bertz CT molecular complexity index is 1110. The van der Waals surface area contributed by atoms with Gasteiger partial charge in [-0.25, -0.2) is 4.98 Å². The van der Waals surface area contributed by atoms with Crippen molar-refractivity contribution in [1.82, 2.24) is 9.55 Å². The van der Waals surface area contributed by atoms with Gasteiger partial charge < -0.3 is 5.32 Å². The molecule has 0 radical (unpaired) electrons. The summed E-state index contributed by atoms with van der Waals surface area (Å²) in [6, 6.07) is 17.4. The number of hydrogen-bond acceptors (Lipinski definition) is 5. The number of carbonyl (C=O) groups is 1. The largest absolute Gasteiger partial charge is 0.308 e. The van der Waals surface area contributed by atoms with Crippen LogP contribution in [0, 0.1) is 0 Å². The number of nitrogens with zero attached hydrogens (tertiary/aromatic N) is 2. The van der Waals surface area contributed by atoms with Crippen molar-refractivity contribution >= 4 is 43.9 Å². The van der Waals surface area contributed by atoms with Crippen molar-refractivity contribution in [3.8, 4) is 11.3 Å². The second-order valence-corrected chi connectivity index (χ2v) is 7.54. The highest BCUT2D eigenvalue weighted by atomic mass is 32.1. The van der Waals surface area contributed by atoms with Gasteiger partial charge in [-0.2, -0.15) is 0 Å². The third-order valence-electron chi connectivity index (χ3n) is 3.96. The van der Waals surface area contributed by atoms with Gasteiger partial charge in [0.15, 0.2) is 5.13 Å². The average Bonchev–Trinajstić information content (AvgIpc) is 3.24. The maximum Gasteiger partial charge on any atom is 0.308 e. The van der Waals surface area contributed by atoms with Crippen LogP contribution in [0.1, 0.15) is 6.42 Å². The van der Waals surface area contributed by atoms with E-state index >= 15 is 0 Å². The quantitative estimate of drug-likeness (QED) is 0.563. The van der Waals surface area contributed by atoms with Crippen LogP contribution in [0.4, 0.5) is 5.13 Å². The third-order valence-corrected chi connectivity index (χ3v) is 5.67. The molecular formula is C19H15N3O2S2. The lowest BCUT2D eigenvalue weighted by molar-refractivity contribution is -0.116. The number of carbonyl (C=O) groups excluding carboxylic acids is 1. The van der Waals surface area contributed by atoms with Crippen LogP contribution < -0.4 is 10.2 Å². The van der Waals surface area contributed by atoms with Gasteiger partial charge in [-0.3, -0.25) is 14.2 Å². The van der Waals surface area contributed by atoms with E-state index in [-0.39, 0.29) is 17.2 Å². The van der Waals surface area contributed by atoms with Gasteiger partial charge in [0.1, 0.15) is 0 Å². The molecule has 4 aromatic rings. The van der Waals surface area contributed by atoms with E-state index < -0.39 is 0 Å². The van der Waals surface area contributed by atoms with Crippen LogP contribution >= 0.6 is 22.7 Å². The van der Waals surface area contributed by atoms with E-state index in [1.807, 2.05) is 60.0 Å². The standard InChI is InChI=1S/C19H15N3O2S2/c23-17(10-11-22-15-8-4-5-9-16(15)26-19(22)24)21-18-20-14(12-25-18)13-6-2-1-3-7-13/h1-9,12H,10-11H2,(H,20,21,23). The normalized spacial score (nSPS) is 10.9. The number of thiazole rings is 2. The Labute approximate surface area is 157 Å². The van der Waals surface area contributed by atoms with Gasteiger partial charge in [0.05, 0.1) is 15.9 Å². The first-order valence-electron chi connectivity index (χ1n) is 8.10. The summed E-state index contributed by atoms with van der Waals surface area (Å²) in [4.78, 5) is 28.8. The highest BCUT2D eigenvalue weighted by Gasteiger charge is 2.11. The number of hydrogen-bond donors (Lipinski definition) is 1. The van der Waals surface area contributed by atoms with E-state index in [9.17, 15) is 9.59 Å². The van der Waals surface area contributed by atoms with Crippen LogP contribution in [0.25, 0.3) is 21.5 Å². The number of amides is 1. The van der Waals surface area contributed by atoms with E-state index in [0.717, 1.165) is 21.5 Å². The van der Waals surface area contributed by atoms with Crippen molar-refractivity contribution in [2.45, 2.75) is 13.0 Å². The second kappa shape index (κ2) is 7.23. The molecule has 0 saturated carbocycles. The van der Waals surface area contributed by atoms with E-state index in [1.165, 1.54) is 22.7 Å². The molecule has 0 unspecified atom stereocenters. The molecule has 1 amide bonds. The van der Waals surface area contributed by atoms with Crippen LogP contribution in [0.15, 0.2) is 64.8 Å². The van der Waals surface area contributed by atoms with E-state index in [2.05, 4.69) is 10.3 Å². The molecule has 2 aromatic heterocycles. The number of aryl methyl sites for hydroxylation is 1. The fraction of sp³-hybridized carbons (Fsp3) is 0.105. The molecular weight excluding hydrogens is 366 g/mol. The van der Waals surface area contributed by atoms with Gasteiger partial charge in [-0.05, 0) is 12.1 Å². The Morgan fingerprint density at radius 3 is 2.69 bits per heavy atom. The van der Waals surface area contributed by atoms with Gasteiger partial charge in [0.2, 0.25) is 5.91 Å². The number of nitrogens with one attached hydrogen (secondary N) is 1. The zero-order valence-electron chi connectivity index (χ0n) is 13.7. The lowest BCUT2D eigenvalue weighted by atomic mass is 10.2. The van der Waals surface area contributed by atoms with Crippen molar-refractivity contribution in [3.05, 3.63) is 69.6 Å². The molecule has 7 heteroatoms. The van der Waals surface area contributed by atoms with Gasteiger partial charge in [-0.1, -0.05) is 53.8 Å². The summed E-state index contributed by atoms with van der Waals surface area (Å²) in [5.41, 5.74) is 2.72. The van der Waals surface area contributed by atoms with Crippen LogP contribution in [0.3, 0.4) is 0 Å². The molecule has 0 aliphatic carbocycles. The molecule has 2 aromatic carbocycles. The van der Waals surface area contributed by atoms with Crippen LogP contribution in [-0.2, 0) is 11.3 Å². The molecule has 5 nitrogen and oxygen atoms in total. The Balaban J connectivity index is 1.42. The smallest absolute Gasteiger partial charge is 0.302 e. The summed E-state index contributed by atoms with van der Waals surface area (Å²) in [5.74, 6) is -0.152. The molecule has 0 bridgehead atoms. The SMILES string of the molecule is O=C(CCn1c(=O)sc2ccccc21)Nc1nc(-c2ccccc2)cs1. The Hall–Kier alpha value is -2.77. The zero-order valence-corrected chi connectivity index (χ0v) is 15.3. The molecule has 1 N–H and O–H groups in total. The van der Waals surface area contributed by atoms with E-state index in [4.69, 9.17) is 0 Å². The predicted molar refractivity (Wildman–Crippen MR) is 107 cm³/mol. The van der Waals surface area contributed by atoms with Gasteiger partial charge in [-0.15, -0.1) is 11.3 Å². The van der Waals surface area contributed by atoms with Crippen molar-refractivity contribution < 1.29 is 4.79 Å². The molecule has 0 atom stereocenters. The summed E-state index contributed by atoms with van der Waals surface area (Å²) in [5, 5.41) is 5.30. The Kier molecular flexibility index (Phi) is 4.64. The van der Waals surface area contributed by atoms with Crippen LogP contribution in [0.5, 0.6) is 0 Å². The maximum absolute atomic E-state index is 12.2. The summed E-state index contributed by atoms with van der Waals surface area (Å²) in [6.45, 7) is 0.353. The molecule has 130 valence electrons. The first-order valence-corrected chi connectivity index (χ1v) is 9.79. The summed E-state index contributed by atoms with van der Waals surface area (Å²) in [7, 11) is 0. The summed E-state index contributed by atoms with van der Waals surface area (Å²) < 4.78 is 2.59.